The van der Waals surface area contributed by atoms with E-state index in [4.69, 9.17) is 4.74 Å². The zero-order chi connectivity index (χ0) is 18.7. The normalized spacial score (nSPS) is 10.3. The molecule has 0 saturated carbocycles. The number of rotatable bonds is 3. The topological polar surface area (TPSA) is 67.4 Å². The maximum atomic E-state index is 12.4. The summed E-state index contributed by atoms with van der Waals surface area (Å²) in [5, 5.41) is 5.39. The summed E-state index contributed by atoms with van der Waals surface area (Å²) in [6.45, 7) is 0. The summed E-state index contributed by atoms with van der Waals surface area (Å²) in [6.07, 6.45) is 0. The second-order valence-electron chi connectivity index (χ2n) is 4.56. The summed E-state index contributed by atoms with van der Waals surface area (Å²) in [7, 11) is 1.28. The van der Waals surface area contributed by atoms with Crippen LogP contribution in [0, 0.1) is 0 Å². The first-order valence-electron chi connectivity index (χ1n) is 6.54. The average Bonchev–Trinajstić information content (AvgIpc) is 2.61. The van der Waals surface area contributed by atoms with E-state index < -0.39 is 12.0 Å². The van der Waals surface area contributed by atoms with Crippen molar-refractivity contribution in [3.63, 3.8) is 0 Å². The van der Waals surface area contributed by atoms with Crippen LogP contribution in [0.15, 0.2) is 46.6 Å². The number of urea groups is 1. The highest BCUT2D eigenvalue weighted by molar-refractivity contribution is 9.15. The Hall–Kier alpha value is -0.420. The van der Waals surface area contributed by atoms with Gasteiger partial charge in [-0.3, -0.25) is 0 Å². The van der Waals surface area contributed by atoms with Crippen molar-refractivity contribution >= 4 is 103 Å². The first-order valence-corrected chi connectivity index (χ1v) is 10.5. The Morgan fingerprint density at radius 3 is 1.92 bits per heavy atom. The molecule has 2 aromatic rings. The number of esters is 1. The molecule has 10 heteroatoms. The number of halogens is 5. The third-order valence-corrected chi connectivity index (χ3v) is 9.12. The van der Waals surface area contributed by atoms with Gasteiger partial charge in [-0.05, 0) is 91.8 Å². The van der Waals surface area contributed by atoms with Gasteiger partial charge in [-0.25, -0.2) is 9.59 Å². The molecule has 132 valence electrons. The lowest BCUT2D eigenvalue weighted by atomic mass is 10.2. The zero-order valence-corrected chi connectivity index (χ0v) is 20.4. The highest BCUT2D eigenvalue weighted by Gasteiger charge is 2.20. The molecule has 0 aliphatic carbocycles. The van der Waals surface area contributed by atoms with E-state index in [0.29, 0.717) is 20.3 Å². The van der Waals surface area contributed by atoms with Crippen molar-refractivity contribution in [3.05, 3.63) is 52.2 Å². The number of ether oxygens (including phenoxy) is 1. The molecule has 0 radical (unpaired) electrons. The molecule has 2 amide bonds. The third kappa shape index (κ3) is 4.65. The van der Waals surface area contributed by atoms with Gasteiger partial charge in [0.2, 0.25) is 0 Å². The van der Waals surface area contributed by atoms with Crippen molar-refractivity contribution in [2.24, 2.45) is 0 Å². The van der Waals surface area contributed by atoms with E-state index in [1.165, 1.54) is 7.11 Å². The molecule has 0 saturated heterocycles. The number of methoxy groups -OCH3 is 1. The van der Waals surface area contributed by atoms with Gasteiger partial charge in [0.1, 0.15) is 0 Å². The minimum Gasteiger partial charge on any atom is -0.465 e. The number of hydrogen-bond acceptors (Lipinski definition) is 3. The number of anilines is 2. The SMILES string of the molecule is COC(=O)c1ccccc1NC(=O)Nc1c(Br)c(Br)c(Br)c(Br)c1Br. The molecule has 25 heavy (non-hydrogen) atoms. The number of para-hydroxylation sites is 1. The van der Waals surface area contributed by atoms with Crippen LogP contribution in [0.1, 0.15) is 10.4 Å². The molecule has 0 fully saturated rings. The Morgan fingerprint density at radius 2 is 1.36 bits per heavy atom. The van der Waals surface area contributed by atoms with Crippen molar-refractivity contribution in [3.8, 4) is 0 Å². The van der Waals surface area contributed by atoms with Crippen LogP contribution in [0.5, 0.6) is 0 Å². The summed E-state index contributed by atoms with van der Waals surface area (Å²) in [4.78, 5) is 24.2. The van der Waals surface area contributed by atoms with Gasteiger partial charge in [-0.15, -0.1) is 0 Å². The molecule has 2 aromatic carbocycles. The summed E-state index contributed by atoms with van der Waals surface area (Å²) < 4.78 is 8.25. The Morgan fingerprint density at radius 1 is 0.840 bits per heavy atom. The Labute approximate surface area is 185 Å². The Balaban J connectivity index is 2.30. The molecule has 0 aliphatic heterocycles. The molecule has 0 bridgehead atoms. The van der Waals surface area contributed by atoms with E-state index in [1.54, 1.807) is 24.3 Å². The first-order chi connectivity index (χ1) is 11.8. The van der Waals surface area contributed by atoms with Crippen LogP contribution in [0.4, 0.5) is 16.2 Å². The van der Waals surface area contributed by atoms with Crippen LogP contribution in [0.2, 0.25) is 0 Å². The van der Waals surface area contributed by atoms with E-state index in [2.05, 4.69) is 90.3 Å². The number of benzene rings is 2. The standard InChI is InChI=1S/C15H9Br5N2O3/c1-25-14(23)6-4-2-3-5-7(6)21-15(24)22-13-11(19)9(17)8(16)10(18)12(13)20/h2-5H,1H3,(H2,21,22,24). The molecule has 0 aliphatic rings. The lowest BCUT2D eigenvalue weighted by molar-refractivity contribution is 0.0602. The van der Waals surface area contributed by atoms with Crippen LogP contribution in [0.3, 0.4) is 0 Å². The number of nitrogens with one attached hydrogen (secondary N) is 2. The van der Waals surface area contributed by atoms with E-state index >= 15 is 0 Å². The van der Waals surface area contributed by atoms with Gasteiger partial charge in [-0.2, -0.15) is 0 Å². The first kappa shape index (κ1) is 20.9. The average molecular weight is 665 g/mol. The summed E-state index contributed by atoms with van der Waals surface area (Å²) in [6, 6.07) is 6.06. The molecular formula is C15H9Br5N2O3. The molecule has 0 heterocycles. The van der Waals surface area contributed by atoms with Crippen LogP contribution in [-0.2, 0) is 4.74 Å². The summed E-state index contributed by atoms with van der Waals surface area (Å²) >= 11 is 17.2. The fourth-order valence-electron chi connectivity index (χ4n) is 1.86. The van der Waals surface area contributed by atoms with Gasteiger partial charge in [0.15, 0.2) is 0 Å². The van der Waals surface area contributed by atoms with Gasteiger partial charge < -0.3 is 15.4 Å². The molecule has 0 spiro atoms. The van der Waals surface area contributed by atoms with Crippen LogP contribution < -0.4 is 10.6 Å². The Kier molecular flexibility index (Phi) is 7.51. The van der Waals surface area contributed by atoms with Crippen molar-refractivity contribution in [1.29, 1.82) is 0 Å². The van der Waals surface area contributed by atoms with Gasteiger partial charge in [-0.1, -0.05) is 12.1 Å². The maximum Gasteiger partial charge on any atom is 0.339 e. The summed E-state index contributed by atoms with van der Waals surface area (Å²) in [5.74, 6) is -0.535. The molecule has 0 atom stereocenters. The minimum atomic E-state index is -0.535. The molecular weight excluding hydrogens is 656 g/mol. The molecule has 2 N–H and O–H groups in total. The van der Waals surface area contributed by atoms with Crippen molar-refractivity contribution in [2.75, 3.05) is 17.7 Å². The summed E-state index contributed by atoms with van der Waals surface area (Å²) in [5.41, 5.74) is 1.11. The minimum absolute atomic E-state index is 0.261. The third-order valence-electron chi connectivity index (χ3n) is 3.03. The van der Waals surface area contributed by atoms with Gasteiger partial charge in [0.05, 0.1) is 33.0 Å². The fraction of sp³-hybridized carbons (Fsp3) is 0.0667. The second kappa shape index (κ2) is 8.98. The predicted octanol–water partition coefficient (Wildman–Crippen LogP) is 6.93. The van der Waals surface area contributed by atoms with E-state index in [1.807, 2.05) is 0 Å². The van der Waals surface area contributed by atoms with E-state index in [-0.39, 0.29) is 5.56 Å². The van der Waals surface area contributed by atoms with Crippen molar-refractivity contribution in [1.82, 2.24) is 0 Å². The largest absolute Gasteiger partial charge is 0.465 e. The number of carbonyl (C=O) groups is 2. The highest BCUT2D eigenvalue weighted by Crippen LogP contribution is 2.47. The molecule has 0 aromatic heterocycles. The highest BCUT2D eigenvalue weighted by atomic mass is 79.9. The second-order valence-corrected chi connectivity index (χ2v) is 8.53. The van der Waals surface area contributed by atoms with Gasteiger partial charge in [0, 0.05) is 13.4 Å². The van der Waals surface area contributed by atoms with E-state index in [0.717, 1.165) is 13.4 Å². The number of hydrogen-bond donors (Lipinski definition) is 2. The fourth-order valence-corrected chi connectivity index (χ4v) is 5.11. The van der Waals surface area contributed by atoms with Crippen molar-refractivity contribution in [2.45, 2.75) is 0 Å². The lowest BCUT2D eigenvalue weighted by Gasteiger charge is -2.16. The zero-order valence-electron chi connectivity index (χ0n) is 12.4. The smallest absolute Gasteiger partial charge is 0.339 e. The van der Waals surface area contributed by atoms with Crippen LogP contribution in [0.25, 0.3) is 0 Å². The van der Waals surface area contributed by atoms with E-state index in [9.17, 15) is 9.59 Å². The molecule has 2 rings (SSSR count). The lowest BCUT2D eigenvalue weighted by Crippen LogP contribution is -2.22. The maximum absolute atomic E-state index is 12.4. The molecule has 0 unspecified atom stereocenters. The molecule has 5 nitrogen and oxygen atoms in total. The monoisotopic (exact) mass is 660 g/mol. The van der Waals surface area contributed by atoms with Crippen molar-refractivity contribution < 1.29 is 14.3 Å². The number of amides is 2. The van der Waals surface area contributed by atoms with Crippen LogP contribution >= 0.6 is 79.6 Å². The van der Waals surface area contributed by atoms with Crippen LogP contribution in [-0.4, -0.2) is 19.1 Å². The Bertz CT molecular complexity index is 828. The quantitative estimate of drug-likeness (QED) is 0.213. The predicted molar refractivity (Wildman–Crippen MR) is 115 cm³/mol. The van der Waals surface area contributed by atoms with Gasteiger partial charge >= 0.3 is 12.0 Å². The van der Waals surface area contributed by atoms with Gasteiger partial charge in [0.25, 0.3) is 0 Å². The number of carbonyl (C=O) groups excluding carboxylic acids is 2.